The molecule has 0 fully saturated rings. The minimum Gasteiger partial charge on any atom is -0.330 e. The summed E-state index contributed by atoms with van der Waals surface area (Å²) in [6.07, 6.45) is 5.98. The van der Waals surface area contributed by atoms with Crippen LogP contribution in [0, 0.1) is 0 Å². The van der Waals surface area contributed by atoms with E-state index in [1.54, 1.807) is 23.3 Å². The van der Waals surface area contributed by atoms with Gasteiger partial charge in [0.25, 0.3) is 0 Å². The summed E-state index contributed by atoms with van der Waals surface area (Å²) in [5.74, 6) is 0.0924. The van der Waals surface area contributed by atoms with Gasteiger partial charge in [-0.05, 0) is 46.9 Å². The van der Waals surface area contributed by atoms with Crippen LogP contribution >= 0.6 is 11.6 Å². The van der Waals surface area contributed by atoms with E-state index in [4.69, 9.17) is 11.6 Å². The Morgan fingerprint density at radius 3 is 2.86 bits per heavy atom. The second kappa shape index (κ2) is 5.11. The Bertz CT molecular complexity index is 869. The molecular formula is C18H13ClN2O. The number of halogens is 1. The third-order valence-corrected chi connectivity index (χ3v) is 4.29. The predicted molar refractivity (Wildman–Crippen MR) is 86.3 cm³/mol. The third-order valence-electron chi connectivity index (χ3n) is 4.06. The molecule has 4 rings (SSSR count). The zero-order valence-corrected chi connectivity index (χ0v) is 12.5. The Morgan fingerprint density at radius 1 is 1.14 bits per heavy atom. The zero-order valence-electron chi connectivity index (χ0n) is 11.8. The van der Waals surface area contributed by atoms with Crippen molar-refractivity contribution in [3.63, 3.8) is 0 Å². The predicted octanol–water partition coefficient (Wildman–Crippen LogP) is 3.99. The van der Waals surface area contributed by atoms with Crippen LogP contribution in [0.1, 0.15) is 21.5 Å². The van der Waals surface area contributed by atoms with Gasteiger partial charge >= 0.3 is 0 Å². The molecule has 0 saturated carbocycles. The number of hydrogen-bond acceptors (Lipinski definition) is 2. The molecular weight excluding hydrogens is 296 g/mol. The molecule has 1 aliphatic rings. The molecule has 1 heterocycles. The van der Waals surface area contributed by atoms with Gasteiger partial charge < -0.3 is 4.57 Å². The van der Waals surface area contributed by atoms with E-state index in [1.807, 2.05) is 30.3 Å². The number of imidazole rings is 1. The highest BCUT2D eigenvalue weighted by molar-refractivity contribution is 6.31. The second-order valence-corrected chi connectivity index (χ2v) is 5.94. The van der Waals surface area contributed by atoms with Gasteiger partial charge in [-0.2, -0.15) is 0 Å². The molecule has 108 valence electrons. The van der Waals surface area contributed by atoms with Crippen molar-refractivity contribution >= 4 is 17.4 Å². The Kier molecular flexibility index (Phi) is 3.09. The molecule has 0 saturated heterocycles. The van der Waals surface area contributed by atoms with E-state index in [9.17, 15) is 4.79 Å². The molecule has 2 aromatic carbocycles. The van der Waals surface area contributed by atoms with Gasteiger partial charge in [-0.25, -0.2) is 4.98 Å². The summed E-state index contributed by atoms with van der Waals surface area (Å²) in [4.78, 5) is 16.3. The largest absolute Gasteiger partial charge is 0.330 e. The van der Waals surface area contributed by atoms with Crippen molar-refractivity contribution in [3.8, 4) is 11.1 Å². The van der Waals surface area contributed by atoms with E-state index in [-0.39, 0.29) is 5.78 Å². The summed E-state index contributed by atoms with van der Waals surface area (Å²) >= 11 is 6.09. The fourth-order valence-electron chi connectivity index (χ4n) is 2.97. The molecule has 0 spiro atoms. The quantitative estimate of drug-likeness (QED) is 0.536. The molecule has 0 N–H and O–H groups in total. The van der Waals surface area contributed by atoms with Crippen molar-refractivity contribution in [2.75, 3.05) is 0 Å². The summed E-state index contributed by atoms with van der Waals surface area (Å²) in [5, 5.41) is 0.742. The zero-order chi connectivity index (χ0) is 15.1. The number of hydrogen-bond donors (Lipinski definition) is 0. The standard InChI is InChI=1S/C18H13ClN2O/c19-15-3-1-12-7-14-8-13(2-4-16(14)17(12)9-15)18(22)10-21-6-5-20-11-21/h1-6,8-9,11H,7,10H2. The van der Waals surface area contributed by atoms with Crippen LogP contribution in [-0.4, -0.2) is 15.3 Å². The number of carbonyl (C=O) groups is 1. The molecule has 0 aliphatic heterocycles. The van der Waals surface area contributed by atoms with Crippen LogP contribution in [0.15, 0.2) is 55.1 Å². The number of fused-ring (bicyclic) bond motifs is 3. The highest BCUT2D eigenvalue weighted by Gasteiger charge is 2.20. The van der Waals surface area contributed by atoms with E-state index in [2.05, 4.69) is 11.1 Å². The van der Waals surface area contributed by atoms with Gasteiger partial charge in [-0.15, -0.1) is 0 Å². The van der Waals surface area contributed by atoms with Crippen LogP contribution in [0.2, 0.25) is 5.02 Å². The van der Waals surface area contributed by atoms with Gasteiger partial charge in [0.15, 0.2) is 5.78 Å². The van der Waals surface area contributed by atoms with Gasteiger partial charge in [0.1, 0.15) is 0 Å². The number of Topliss-reactive ketones (excluding diaryl/α,β-unsaturated/α-hetero) is 1. The van der Waals surface area contributed by atoms with E-state index < -0.39 is 0 Å². The lowest BCUT2D eigenvalue weighted by molar-refractivity contribution is 0.0972. The number of aromatic nitrogens is 2. The maximum atomic E-state index is 12.4. The molecule has 0 unspecified atom stereocenters. The fourth-order valence-corrected chi connectivity index (χ4v) is 3.14. The fraction of sp³-hybridized carbons (Fsp3) is 0.111. The number of nitrogens with zero attached hydrogens (tertiary/aromatic N) is 2. The molecule has 4 heteroatoms. The lowest BCUT2D eigenvalue weighted by Crippen LogP contribution is -2.09. The average Bonchev–Trinajstić information content (AvgIpc) is 3.13. The maximum absolute atomic E-state index is 12.4. The summed E-state index contributed by atoms with van der Waals surface area (Å²) in [7, 11) is 0. The monoisotopic (exact) mass is 308 g/mol. The van der Waals surface area contributed by atoms with Gasteiger partial charge in [-0.3, -0.25) is 4.79 Å². The van der Waals surface area contributed by atoms with Crippen LogP contribution < -0.4 is 0 Å². The minimum absolute atomic E-state index is 0.0924. The van der Waals surface area contributed by atoms with Crippen LogP contribution in [0.3, 0.4) is 0 Å². The average molecular weight is 309 g/mol. The summed E-state index contributed by atoms with van der Waals surface area (Å²) in [6, 6.07) is 11.9. The topological polar surface area (TPSA) is 34.9 Å². The number of rotatable bonds is 3. The van der Waals surface area contributed by atoms with Crippen LogP contribution in [0.4, 0.5) is 0 Å². The molecule has 0 radical (unpaired) electrons. The first-order valence-electron chi connectivity index (χ1n) is 7.11. The third kappa shape index (κ3) is 2.24. The van der Waals surface area contributed by atoms with Crippen molar-refractivity contribution in [1.82, 2.24) is 9.55 Å². The number of ketones is 1. The van der Waals surface area contributed by atoms with Crippen LogP contribution in [0.25, 0.3) is 11.1 Å². The summed E-state index contributed by atoms with van der Waals surface area (Å²) in [5.41, 5.74) is 5.55. The Morgan fingerprint density at radius 2 is 2.05 bits per heavy atom. The molecule has 1 aromatic heterocycles. The minimum atomic E-state index is 0.0924. The molecule has 22 heavy (non-hydrogen) atoms. The SMILES string of the molecule is O=C(Cn1ccnc1)c1ccc2c(c1)Cc1ccc(Cl)cc1-2. The van der Waals surface area contributed by atoms with Gasteiger partial charge in [0.2, 0.25) is 0 Å². The first-order chi connectivity index (χ1) is 10.7. The molecule has 1 aliphatic carbocycles. The van der Waals surface area contributed by atoms with Crippen molar-refractivity contribution in [2.24, 2.45) is 0 Å². The van der Waals surface area contributed by atoms with Crippen LogP contribution in [-0.2, 0) is 13.0 Å². The van der Waals surface area contributed by atoms with E-state index in [0.29, 0.717) is 6.54 Å². The summed E-state index contributed by atoms with van der Waals surface area (Å²) < 4.78 is 1.78. The van der Waals surface area contributed by atoms with Crippen molar-refractivity contribution in [1.29, 1.82) is 0 Å². The Labute approximate surface area is 133 Å². The molecule has 0 bridgehead atoms. The first kappa shape index (κ1) is 13.3. The second-order valence-electron chi connectivity index (χ2n) is 5.51. The molecule has 0 atom stereocenters. The van der Waals surface area contributed by atoms with Crippen molar-refractivity contribution in [3.05, 3.63) is 76.8 Å². The smallest absolute Gasteiger partial charge is 0.182 e. The van der Waals surface area contributed by atoms with Crippen molar-refractivity contribution < 1.29 is 4.79 Å². The number of benzene rings is 2. The Balaban J connectivity index is 1.66. The van der Waals surface area contributed by atoms with Gasteiger partial charge in [0.05, 0.1) is 12.9 Å². The van der Waals surface area contributed by atoms with E-state index in [0.717, 1.165) is 17.0 Å². The van der Waals surface area contributed by atoms with Gasteiger partial charge in [0, 0.05) is 23.0 Å². The van der Waals surface area contributed by atoms with E-state index >= 15 is 0 Å². The lowest BCUT2D eigenvalue weighted by Gasteiger charge is -2.05. The molecule has 0 amide bonds. The normalized spacial score (nSPS) is 12.0. The maximum Gasteiger partial charge on any atom is 0.182 e. The number of carbonyl (C=O) groups excluding carboxylic acids is 1. The summed E-state index contributed by atoms with van der Waals surface area (Å²) in [6.45, 7) is 0.317. The first-order valence-corrected chi connectivity index (χ1v) is 7.49. The van der Waals surface area contributed by atoms with Crippen LogP contribution in [0.5, 0.6) is 0 Å². The van der Waals surface area contributed by atoms with Gasteiger partial charge in [-0.1, -0.05) is 29.8 Å². The van der Waals surface area contributed by atoms with E-state index in [1.165, 1.54) is 22.3 Å². The molecule has 3 nitrogen and oxygen atoms in total. The molecule has 3 aromatic rings. The highest BCUT2D eigenvalue weighted by atomic mass is 35.5. The highest BCUT2D eigenvalue weighted by Crippen LogP contribution is 2.38. The Hall–Kier alpha value is -2.39. The lowest BCUT2D eigenvalue weighted by atomic mass is 10.0. The van der Waals surface area contributed by atoms with Crippen molar-refractivity contribution in [2.45, 2.75) is 13.0 Å².